The Hall–Kier alpha value is -3.70. The molecule has 0 unspecified atom stereocenters. The van der Waals surface area contributed by atoms with Crippen LogP contribution in [0, 0.1) is 5.41 Å². The van der Waals surface area contributed by atoms with Gasteiger partial charge in [0, 0.05) is 43.4 Å². The Morgan fingerprint density at radius 3 is 2.05 bits per heavy atom. The molecule has 1 fully saturated rings. The number of Topliss-reactive ketones (excluding diaryl/α,β-unsaturated/α-hetero) is 3. The van der Waals surface area contributed by atoms with Crippen molar-refractivity contribution in [3.8, 4) is 0 Å². The van der Waals surface area contributed by atoms with Gasteiger partial charge in [0.25, 0.3) is 0 Å². The van der Waals surface area contributed by atoms with Crippen LogP contribution in [0.25, 0.3) is 6.08 Å². The number of halogens is 3. The monoisotopic (exact) mass is 583 g/mol. The molecule has 1 saturated heterocycles. The summed E-state index contributed by atoms with van der Waals surface area (Å²) in [7, 11) is 0. The maximum Gasteiger partial charge on any atom is 0.185 e. The summed E-state index contributed by atoms with van der Waals surface area (Å²) in [5.74, 6) is -1.77. The van der Waals surface area contributed by atoms with Gasteiger partial charge in [-0.1, -0.05) is 95.5 Å². The molecule has 1 aliphatic carbocycles. The molecule has 196 valence electrons. The summed E-state index contributed by atoms with van der Waals surface area (Å²) < 4.78 is 0. The van der Waals surface area contributed by atoms with E-state index in [4.69, 9.17) is 34.8 Å². The van der Waals surface area contributed by atoms with Crippen molar-refractivity contribution in [2.24, 2.45) is 5.41 Å². The van der Waals surface area contributed by atoms with Crippen molar-refractivity contribution < 1.29 is 14.4 Å². The lowest BCUT2D eigenvalue weighted by Crippen LogP contribution is -2.48. The van der Waals surface area contributed by atoms with Crippen molar-refractivity contribution in [3.63, 3.8) is 0 Å². The number of fused-ring (bicyclic) bond motifs is 5. The number of hydrogen-bond donors (Lipinski definition) is 0. The number of nitrogens with zero attached hydrogens (tertiary/aromatic N) is 1. The molecule has 2 aliphatic heterocycles. The summed E-state index contributed by atoms with van der Waals surface area (Å²) in [6.07, 6.45) is 3.81. The van der Waals surface area contributed by atoms with E-state index < -0.39 is 23.4 Å². The quantitative estimate of drug-likeness (QED) is 0.181. The maximum atomic E-state index is 14.6. The van der Waals surface area contributed by atoms with Gasteiger partial charge in [-0.15, -0.1) is 0 Å². The van der Waals surface area contributed by atoms with Gasteiger partial charge in [0.15, 0.2) is 17.3 Å². The van der Waals surface area contributed by atoms with Crippen LogP contribution in [0.15, 0.2) is 97.1 Å². The van der Waals surface area contributed by atoms with Crippen molar-refractivity contribution in [2.45, 2.75) is 18.0 Å². The zero-order valence-electron chi connectivity index (χ0n) is 20.9. The first-order valence-corrected chi connectivity index (χ1v) is 14.0. The van der Waals surface area contributed by atoms with Gasteiger partial charge in [0.2, 0.25) is 0 Å². The SMILES string of the molecule is O=C(c1ccc(Cl)cc1)[C@H]1[C@H](c2ccc(Cl)cc2Cl)C2(C(=O)c3ccccc3C2=O)[C@H]2C=Cc3ccccc3N12. The minimum atomic E-state index is -1.63. The van der Waals surface area contributed by atoms with Crippen LogP contribution in [0.1, 0.15) is 48.1 Å². The predicted molar refractivity (Wildman–Crippen MR) is 158 cm³/mol. The molecule has 0 radical (unpaired) electrons. The molecule has 7 heteroatoms. The first-order valence-electron chi connectivity index (χ1n) is 12.8. The summed E-state index contributed by atoms with van der Waals surface area (Å²) in [6, 6.07) is 24.6. The summed E-state index contributed by atoms with van der Waals surface area (Å²) >= 11 is 19.3. The van der Waals surface area contributed by atoms with E-state index in [0.29, 0.717) is 37.3 Å². The molecule has 0 N–H and O–H groups in total. The topological polar surface area (TPSA) is 54.5 Å². The third-order valence-corrected chi connectivity index (χ3v) is 9.22. The van der Waals surface area contributed by atoms with E-state index in [-0.39, 0.29) is 17.3 Å². The Morgan fingerprint density at radius 2 is 1.38 bits per heavy atom. The minimum Gasteiger partial charge on any atom is -0.352 e. The average Bonchev–Trinajstić information content (AvgIpc) is 3.39. The van der Waals surface area contributed by atoms with Crippen LogP contribution >= 0.6 is 34.8 Å². The van der Waals surface area contributed by atoms with Gasteiger partial charge in [0.1, 0.15) is 11.5 Å². The van der Waals surface area contributed by atoms with Gasteiger partial charge in [-0.3, -0.25) is 14.4 Å². The lowest BCUT2D eigenvalue weighted by Gasteiger charge is -2.37. The number of carbonyl (C=O) groups is 3. The number of rotatable bonds is 3. The smallest absolute Gasteiger partial charge is 0.185 e. The Bertz CT molecular complexity index is 1740. The summed E-state index contributed by atoms with van der Waals surface area (Å²) in [6.45, 7) is 0. The highest BCUT2D eigenvalue weighted by Gasteiger charge is 2.71. The van der Waals surface area contributed by atoms with Crippen LogP contribution in [0.2, 0.25) is 15.1 Å². The Balaban J connectivity index is 1.56. The molecule has 7 rings (SSSR count). The van der Waals surface area contributed by atoms with Gasteiger partial charge < -0.3 is 4.90 Å². The molecule has 1 spiro atoms. The van der Waals surface area contributed by atoms with Crippen molar-refractivity contribution in [3.05, 3.63) is 140 Å². The summed E-state index contributed by atoms with van der Waals surface area (Å²) in [4.78, 5) is 45.8. The Kier molecular flexibility index (Phi) is 5.79. The lowest BCUT2D eigenvalue weighted by molar-refractivity contribution is 0.0666. The molecule has 3 aliphatic rings. The van der Waals surface area contributed by atoms with Gasteiger partial charge in [-0.05, 0) is 53.6 Å². The Labute approximate surface area is 245 Å². The molecule has 0 bridgehead atoms. The highest BCUT2D eigenvalue weighted by molar-refractivity contribution is 6.36. The molecule has 2 heterocycles. The average molecular weight is 585 g/mol. The van der Waals surface area contributed by atoms with Crippen molar-refractivity contribution >= 4 is 63.9 Å². The van der Waals surface area contributed by atoms with Crippen molar-refractivity contribution in [1.29, 1.82) is 0 Å². The van der Waals surface area contributed by atoms with Crippen molar-refractivity contribution in [1.82, 2.24) is 0 Å². The largest absolute Gasteiger partial charge is 0.352 e. The molecule has 0 aromatic heterocycles. The van der Waals surface area contributed by atoms with Crippen LogP contribution < -0.4 is 4.90 Å². The minimum absolute atomic E-state index is 0.240. The predicted octanol–water partition coefficient (Wildman–Crippen LogP) is 7.96. The van der Waals surface area contributed by atoms with E-state index in [1.165, 1.54) is 0 Å². The van der Waals surface area contributed by atoms with E-state index in [9.17, 15) is 14.4 Å². The fourth-order valence-electron chi connectivity index (χ4n) is 6.80. The zero-order chi connectivity index (χ0) is 27.8. The normalized spacial score (nSPS) is 21.9. The lowest BCUT2D eigenvalue weighted by atomic mass is 9.64. The van der Waals surface area contributed by atoms with Crippen LogP contribution in [0.3, 0.4) is 0 Å². The molecule has 0 saturated carbocycles. The maximum absolute atomic E-state index is 14.6. The zero-order valence-corrected chi connectivity index (χ0v) is 23.1. The molecule has 4 aromatic carbocycles. The molecular formula is C33H20Cl3NO3. The van der Waals surface area contributed by atoms with Crippen LogP contribution in [-0.2, 0) is 0 Å². The number of para-hydroxylation sites is 1. The van der Waals surface area contributed by atoms with Gasteiger partial charge >= 0.3 is 0 Å². The molecule has 4 aromatic rings. The van der Waals surface area contributed by atoms with Crippen LogP contribution in [0.4, 0.5) is 5.69 Å². The second-order valence-corrected chi connectivity index (χ2v) is 11.6. The fraction of sp³-hybridized carbons (Fsp3) is 0.121. The molecule has 3 atom stereocenters. The Morgan fingerprint density at radius 1 is 0.750 bits per heavy atom. The van der Waals surface area contributed by atoms with Gasteiger partial charge in [0.05, 0.1) is 6.04 Å². The highest BCUT2D eigenvalue weighted by Crippen LogP contribution is 2.61. The van der Waals surface area contributed by atoms with E-state index in [1.807, 2.05) is 41.3 Å². The summed E-state index contributed by atoms with van der Waals surface area (Å²) in [5, 5.41) is 1.20. The second kappa shape index (κ2) is 9.17. The fourth-order valence-corrected chi connectivity index (χ4v) is 7.45. The third kappa shape index (κ3) is 3.37. The first kappa shape index (κ1) is 25.3. The summed E-state index contributed by atoms with van der Waals surface area (Å²) in [5.41, 5.74) is 1.68. The third-order valence-electron chi connectivity index (χ3n) is 8.41. The highest BCUT2D eigenvalue weighted by atomic mass is 35.5. The second-order valence-electron chi connectivity index (χ2n) is 10.3. The molecule has 4 nitrogen and oxygen atoms in total. The number of hydrogen-bond acceptors (Lipinski definition) is 4. The van der Waals surface area contributed by atoms with E-state index in [1.54, 1.807) is 66.7 Å². The number of ketones is 3. The standard InChI is InChI=1S/C33H20Cl3NO3/c34-20-12-9-19(10-13-20)30(38)29-28(24-15-14-21(35)17-25(24)36)33(31(39)22-6-2-3-7-23(22)32(33)40)27-16-11-18-5-1-4-8-26(18)37(27)29/h1-17,27-29H/t27-,28+,29-/m1/s1. The number of benzene rings is 4. The van der Waals surface area contributed by atoms with Gasteiger partial charge in [-0.2, -0.15) is 0 Å². The molecule has 0 amide bonds. The number of carbonyl (C=O) groups excluding carboxylic acids is 3. The van der Waals surface area contributed by atoms with E-state index >= 15 is 0 Å². The van der Waals surface area contributed by atoms with Crippen LogP contribution in [-0.4, -0.2) is 29.4 Å². The first-order chi connectivity index (χ1) is 19.3. The molecular weight excluding hydrogens is 565 g/mol. The van der Waals surface area contributed by atoms with E-state index in [2.05, 4.69) is 0 Å². The molecule has 40 heavy (non-hydrogen) atoms. The van der Waals surface area contributed by atoms with Crippen molar-refractivity contribution in [2.75, 3.05) is 4.90 Å². The van der Waals surface area contributed by atoms with Gasteiger partial charge in [-0.25, -0.2) is 0 Å². The van der Waals surface area contributed by atoms with Crippen LogP contribution in [0.5, 0.6) is 0 Å². The number of anilines is 1. The van der Waals surface area contributed by atoms with E-state index in [0.717, 1.165) is 11.3 Å².